The molecule has 2 heterocycles. The van der Waals surface area contributed by atoms with E-state index >= 15 is 0 Å². The number of aryl methyl sites for hydroxylation is 1. The number of aromatic hydroxyl groups is 1. The number of benzene rings is 2. The minimum absolute atomic E-state index is 0.0622. The van der Waals surface area contributed by atoms with E-state index in [1.54, 1.807) is 17.6 Å². The molecule has 1 saturated heterocycles. The second-order valence-corrected chi connectivity index (χ2v) is 9.58. The van der Waals surface area contributed by atoms with Gasteiger partial charge in [0.2, 0.25) is 0 Å². The fourth-order valence-corrected chi connectivity index (χ4v) is 5.60. The summed E-state index contributed by atoms with van der Waals surface area (Å²) in [5.41, 5.74) is 1.81. The van der Waals surface area contributed by atoms with E-state index in [0.717, 1.165) is 51.1 Å². The third-order valence-electron chi connectivity index (χ3n) is 6.31. The van der Waals surface area contributed by atoms with Gasteiger partial charge < -0.3 is 20.1 Å². The molecule has 182 valence electrons. The van der Waals surface area contributed by atoms with Gasteiger partial charge in [0, 0.05) is 38.1 Å². The van der Waals surface area contributed by atoms with Gasteiger partial charge in [-0.3, -0.25) is 9.69 Å². The summed E-state index contributed by atoms with van der Waals surface area (Å²) in [6, 6.07) is 9.96. The topological polar surface area (TPSA) is 77.9 Å². The monoisotopic (exact) mass is 502 g/mol. The zero-order valence-electron chi connectivity index (χ0n) is 19.6. The molecule has 3 aromatic rings. The number of piperazine rings is 1. The van der Waals surface area contributed by atoms with Gasteiger partial charge in [-0.2, -0.15) is 4.37 Å². The van der Waals surface area contributed by atoms with E-state index in [0.29, 0.717) is 23.6 Å². The van der Waals surface area contributed by atoms with Crippen molar-refractivity contribution in [1.29, 1.82) is 0 Å². The molecule has 0 unspecified atom stereocenters. The van der Waals surface area contributed by atoms with E-state index in [-0.39, 0.29) is 23.0 Å². The van der Waals surface area contributed by atoms with E-state index in [9.17, 15) is 9.90 Å². The Morgan fingerprint density at radius 3 is 2.74 bits per heavy atom. The number of hydrogen-bond donors (Lipinski definition) is 2. The maximum atomic E-state index is 12.7. The van der Waals surface area contributed by atoms with Crippen molar-refractivity contribution >= 4 is 44.9 Å². The van der Waals surface area contributed by atoms with Gasteiger partial charge in [0.25, 0.3) is 5.91 Å². The zero-order chi connectivity index (χ0) is 24.1. The maximum Gasteiger partial charge on any atom is 0.258 e. The number of aromatic nitrogens is 1. The zero-order valence-corrected chi connectivity index (χ0v) is 21.2. The molecule has 1 amide bonds. The molecule has 1 fully saturated rings. The van der Waals surface area contributed by atoms with Crippen molar-refractivity contribution in [2.24, 2.45) is 0 Å². The molecule has 1 aliphatic rings. The summed E-state index contributed by atoms with van der Waals surface area (Å²) in [6.45, 7) is 7.46. The number of ether oxygens (including phenoxy) is 1. The molecule has 7 nitrogen and oxygen atoms in total. The minimum atomic E-state index is -0.364. The molecular formula is C25H31ClN4O3S. The number of fused-ring (bicyclic) bond motifs is 1. The van der Waals surface area contributed by atoms with Gasteiger partial charge in [-0.1, -0.05) is 30.7 Å². The van der Waals surface area contributed by atoms with Crippen LogP contribution in [0, 0.1) is 0 Å². The first-order chi connectivity index (χ1) is 16.5. The number of amides is 1. The van der Waals surface area contributed by atoms with Crippen molar-refractivity contribution in [2.75, 3.05) is 51.3 Å². The smallest absolute Gasteiger partial charge is 0.258 e. The molecule has 9 heteroatoms. The number of nitrogens with zero attached hydrogens (tertiary/aromatic N) is 3. The number of carbonyl (C=O) groups is 1. The van der Waals surface area contributed by atoms with Crippen LogP contribution in [0.4, 0.5) is 5.00 Å². The number of methoxy groups -OCH3 is 1. The Morgan fingerprint density at radius 1 is 1.24 bits per heavy atom. The van der Waals surface area contributed by atoms with Crippen LogP contribution in [0.2, 0.25) is 5.02 Å². The van der Waals surface area contributed by atoms with Crippen LogP contribution in [0.1, 0.15) is 35.7 Å². The number of anilines is 1. The van der Waals surface area contributed by atoms with Crippen molar-refractivity contribution in [3.8, 4) is 11.5 Å². The predicted molar refractivity (Wildman–Crippen MR) is 139 cm³/mol. The first kappa shape index (κ1) is 24.6. The van der Waals surface area contributed by atoms with Crippen molar-refractivity contribution in [1.82, 2.24) is 14.6 Å². The molecule has 4 rings (SSSR count). The quantitative estimate of drug-likeness (QED) is 0.418. The Balaban J connectivity index is 1.22. The number of unbranched alkanes of at least 4 members (excludes halogenated alkanes) is 1. The molecular weight excluding hydrogens is 472 g/mol. The summed E-state index contributed by atoms with van der Waals surface area (Å²) in [5.74, 6) is -0.217. The van der Waals surface area contributed by atoms with Gasteiger partial charge in [0.05, 0.1) is 17.6 Å². The fraction of sp³-hybridized carbons (Fsp3) is 0.440. The van der Waals surface area contributed by atoms with Crippen LogP contribution in [-0.4, -0.2) is 66.7 Å². The van der Waals surface area contributed by atoms with Gasteiger partial charge in [-0.25, -0.2) is 0 Å². The highest BCUT2D eigenvalue weighted by Gasteiger charge is 2.23. The highest BCUT2D eigenvalue weighted by atomic mass is 35.5. The highest BCUT2D eigenvalue weighted by molar-refractivity contribution is 7.11. The summed E-state index contributed by atoms with van der Waals surface area (Å²) >= 11 is 7.83. The lowest BCUT2D eigenvalue weighted by molar-refractivity contribution is 0.0946. The second kappa shape index (κ2) is 11.3. The van der Waals surface area contributed by atoms with Gasteiger partial charge in [-0.15, -0.1) is 0 Å². The van der Waals surface area contributed by atoms with E-state index in [1.165, 1.54) is 17.5 Å². The van der Waals surface area contributed by atoms with E-state index < -0.39 is 0 Å². The summed E-state index contributed by atoms with van der Waals surface area (Å²) in [4.78, 5) is 17.7. The number of phenols is 1. The average Bonchev–Trinajstić information content (AvgIpc) is 3.29. The number of hydrogen-bond acceptors (Lipinski definition) is 7. The van der Waals surface area contributed by atoms with Crippen LogP contribution >= 0.6 is 23.1 Å². The van der Waals surface area contributed by atoms with Crippen molar-refractivity contribution in [3.05, 3.63) is 46.5 Å². The molecule has 0 atom stereocenters. The van der Waals surface area contributed by atoms with Crippen LogP contribution in [0.25, 0.3) is 10.9 Å². The van der Waals surface area contributed by atoms with Crippen LogP contribution in [0.15, 0.2) is 30.3 Å². The Hall–Kier alpha value is -2.55. The molecule has 2 N–H and O–H groups in total. The Bertz CT molecular complexity index is 1140. The minimum Gasteiger partial charge on any atom is -0.507 e. The molecule has 2 aromatic carbocycles. The van der Waals surface area contributed by atoms with Gasteiger partial charge in [0.1, 0.15) is 16.3 Å². The van der Waals surface area contributed by atoms with Gasteiger partial charge in [0.15, 0.2) is 5.75 Å². The first-order valence-electron chi connectivity index (χ1n) is 11.7. The molecule has 0 saturated carbocycles. The fourth-order valence-electron chi connectivity index (χ4n) is 4.38. The van der Waals surface area contributed by atoms with E-state index in [4.69, 9.17) is 16.3 Å². The van der Waals surface area contributed by atoms with E-state index in [1.807, 2.05) is 13.0 Å². The van der Waals surface area contributed by atoms with Crippen LogP contribution in [-0.2, 0) is 6.42 Å². The number of halogens is 1. The second-order valence-electron chi connectivity index (χ2n) is 8.42. The van der Waals surface area contributed by atoms with Crippen molar-refractivity contribution in [3.63, 3.8) is 0 Å². The lowest BCUT2D eigenvalue weighted by Crippen LogP contribution is -2.46. The summed E-state index contributed by atoms with van der Waals surface area (Å²) in [7, 11) is 1.44. The number of carbonyl (C=O) groups excluding carboxylic acids is 1. The SMILES string of the molecule is CCc1cc(Cl)c(OC)c(C(=O)NCCCCN2CCN(c3snc4ccccc34)CC2)c1O. The predicted octanol–water partition coefficient (Wildman–Crippen LogP) is 4.56. The average molecular weight is 503 g/mol. The van der Waals surface area contributed by atoms with Gasteiger partial charge >= 0.3 is 0 Å². The first-order valence-corrected chi connectivity index (χ1v) is 12.9. The van der Waals surface area contributed by atoms with Crippen LogP contribution in [0.5, 0.6) is 11.5 Å². The number of rotatable bonds is 9. The molecule has 0 bridgehead atoms. The molecule has 0 radical (unpaired) electrons. The van der Waals surface area contributed by atoms with Crippen molar-refractivity contribution < 1.29 is 14.6 Å². The van der Waals surface area contributed by atoms with Crippen LogP contribution in [0.3, 0.4) is 0 Å². The molecule has 0 spiro atoms. The third-order valence-corrected chi connectivity index (χ3v) is 7.53. The Morgan fingerprint density at radius 2 is 2.00 bits per heavy atom. The molecule has 34 heavy (non-hydrogen) atoms. The lowest BCUT2D eigenvalue weighted by Gasteiger charge is -2.35. The summed E-state index contributed by atoms with van der Waals surface area (Å²) in [5, 5.41) is 16.2. The maximum absolute atomic E-state index is 12.7. The third kappa shape index (κ3) is 5.24. The van der Waals surface area contributed by atoms with Crippen LogP contribution < -0.4 is 15.0 Å². The molecule has 1 aromatic heterocycles. The summed E-state index contributed by atoms with van der Waals surface area (Å²) < 4.78 is 9.85. The lowest BCUT2D eigenvalue weighted by atomic mass is 10.0. The van der Waals surface area contributed by atoms with E-state index in [2.05, 4.69) is 37.7 Å². The molecule has 1 aliphatic heterocycles. The Kier molecular flexibility index (Phi) is 8.13. The Labute approximate surface area is 209 Å². The highest BCUT2D eigenvalue weighted by Crippen LogP contribution is 2.38. The molecule has 0 aliphatic carbocycles. The number of phenolic OH excluding ortho intramolecular Hbond substituents is 1. The standard InChI is InChI=1S/C25H31ClN4O3S/c1-3-17-16-19(26)23(33-2)21(22(17)31)24(32)27-10-6-7-11-29-12-14-30(15-13-29)25-18-8-4-5-9-20(18)28-34-25/h4-5,8-9,16,31H,3,6-7,10-15H2,1-2H3,(H,27,32). The normalized spacial score (nSPS) is 14.5. The number of nitrogens with one attached hydrogen (secondary N) is 1. The summed E-state index contributed by atoms with van der Waals surface area (Å²) in [6.07, 6.45) is 2.42. The van der Waals surface area contributed by atoms with Crippen molar-refractivity contribution in [2.45, 2.75) is 26.2 Å². The van der Waals surface area contributed by atoms with Gasteiger partial charge in [-0.05, 0) is 61.1 Å². The largest absolute Gasteiger partial charge is 0.507 e.